The van der Waals surface area contributed by atoms with E-state index < -0.39 is 0 Å². The number of benzene rings is 2. The molecule has 2 atom stereocenters. The van der Waals surface area contributed by atoms with Gasteiger partial charge in [0.15, 0.2) is 0 Å². The second kappa shape index (κ2) is 8.22. The van der Waals surface area contributed by atoms with Crippen molar-refractivity contribution in [2.75, 3.05) is 7.11 Å². The Morgan fingerprint density at radius 2 is 1.87 bits per heavy atom. The smallest absolute Gasteiger partial charge is 0.225 e. The van der Waals surface area contributed by atoms with Gasteiger partial charge in [-0.3, -0.25) is 9.59 Å². The zero-order valence-corrected chi connectivity index (χ0v) is 17.1. The van der Waals surface area contributed by atoms with E-state index in [9.17, 15) is 9.59 Å². The standard InChI is InChI=1S/C24H27N3O3/c1-30-17-9-11-20-19(13-17)22-18(24(26)29)10-7-16(8-12-21(25)28)23(22)27(20)14-15-5-3-2-4-6-15/h2-6,9,11,13,16,18H,7-8,10,12,14H2,1H3,(H2,25,28)(H2,26,29). The molecule has 1 aliphatic rings. The van der Waals surface area contributed by atoms with E-state index in [1.807, 2.05) is 36.4 Å². The molecule has 0 saturated heterocycles. The summed E-state index contributed by atoms with van der Waals surface area (Å²) in [6.07, 6.45) is 2.46. The molecule has 4 rings (SSSR count). The molecule has 6 heteroatoms. The number of amides is 2. The highest BCUT2D eigenvalue weighted by molar-refractivity contribution is 5.94. The van der Waals surface area contributed by atoms with Crippen molar-refractivity contribution in [2.24, 2.45) is 11.5 Å². The largest absolute Gasteiger partial charge is 0.497 e. The van der Waals surface area contributed by atoms with Gasteiger partial charge in [-0.05, 0) is 48.6 Å². The van der Waals surface area contributed by atoms with Crippen LogP contribution in [0.5, 0.6) is 5.75 Å². The molecule has 0 fully saturated rings. The quantitative estimate of drug-likeness (QED) is 0.630. The minimum atomic E-state index is -0.351. The number of aromatic nitrogens is 1. The number of carbonyl (C=O) groups is 2. The molecule has 0 aliphatic heterocycles. The fourth-order valence-corrected chi connectivity index (χ4v) is 4.78. The first-order chi connectivity index (χ1) is 14.5. The minimum Gasteiger partial charge on any atom is -0.497 e. The SMILES string of the molecule is COc1ccc2c(c1)c1c(n2Cc2ccccc2)C(CCC(N)=O)CCC1C(N)=O. The molecule has 156 valence electrons. The molecule has 2 aromatic carbocycles. The average Bonchev–Trinajstić information content (AvgIpc) is 3.06. The van der Waals surface area contributed by atoms with Crippen LogP contribution in [-0.4, -0.2) is 23.5 Å². The third-order valence-electron chi connectivity index (χ3n) is 6.16. The van der Waals surface area contributed by atoms with Gasteiger partial charge in [-0.15, -0.1) is 0 Å². The van der Waals surface area contributed by atoms with E-state index in [1.54, 1.807) is 7.11 Å². The molecular formula is C24H27N3O3. The molecule has 1 aromatic heterocycles. The summed E-state index contributed by atoms with van der Waals surface area (Å²) in [6, 6.07) is 16.2. The van der Waals surface area contributed by atoms with E-state index in [1.165, 1.54) is 5.56 Å². The Kier molecular flexibility index (Phi) is 5.48. The van der Waals surface area contributed by atoms with E-state index in [-0.39, 0.29) is 23.7 Å². The topological polar surface area (TPSA) is 100 Å². The second-order valence-corrected chi connectivity index (χ2v) is 7.99. The van der Waals surface area contributed by atoms with E-state index in [2.05, 4.69) is 16.7 Å². The van der Waals surface area contributed by atoms with Crippen molar-refractivity contribution in [2.45, 2.75) is 44.1 Å². The number of rotatable bonds is 7. The van der Waals surface area contributed by atoms with Crippen LogP contribution in [0.25, 0.3) is 10.9 Å². The van der Waals surface area contributed by atoms with Gasteiger partial charge in [0.1, 0.15) is 5.75 Å². The van der Waals surface area contributed by atoms with Crippen molar-refractivity contribution in [3.8, 4) is 5.75 Å². The number of nitrogens with zero attached hydrogens (tertiary/aromatic N) is 1. The lowest BCUT2D eigenvalue weighted by Crippen LogP contribution is -2.28. The van der Waals surface area contributed by atoms with Gasteiger partial charge in [-0.2, -0.15) is 0 Å². The van der Waals surface area contributed by atoms with Crippen LogP contribution >= 0.6 is 0 Å². The molecule has 0 bridgehead atoms. The summed E-state index contributed by atoms with van der Waals surface area (Å²) in [5.41, 5.74) is 15.6. The van der Waals surface area contributed by atoms with Crippen LogP contribution in [0, 0.1) is 0 Å². The van der Waals surface area contributed by atoms with Crippen LogP contribution in [-0.2, 0) is 16.1 Å². The van der Waals surface area contributed by atoms with Crippen LogP contribution in [0.15, 0.2) is 48.5 Å². The second-order valence-electron chi connectivity index (χ2n) is 7.99. The summed E-state index contributed by atoms with van der Waals surface area (Å²) in [5, 5.41) is 0.993. The van der Waals surface area contributed by atoms with Crippen molar-refractivity contribution in [3.63, 3.8) is 0 Å². The van der Waals surface area contributed by atoms with Gasteiger partial charge in [-0.25, -0.2) is 0 Å². The zero-order chi connectivity index (χ0) is 21.3. The fourth-order valence-electron chi connectivity index (χ4n) is 4.78. The first-order valence-electron chi connectivity index (χ1n) is 10.3. The Morgan fingerprint density at radius 3 is 2.53 bits per heavy atom. The van der Waals surface area contributed by atoms with Gasteiger partial charge in [0.2, 0.25) is 11.8 Å². The summed E-state index contributed by atoms with van der Waals surface area (Å²) < 4.78 is 7.73. The van der Waals surface area contributed by atoms with Gasteiger partial charge >= 0.3 is 0 Å². The number of nitrogens with two attached hydrogens (primary N) is 2. The summed E-state index contributed by atoms with van der Waals surface area (Å²) >= 11 is 0. The Balaban J connectivity index is 1.94. The van der Waals surface area contributed by atoms with Gasteiger partial charge in [0.05, 0.1) is 13.0 Å². The molecule has 1 heterocycles. The molecule has 0 saturated carbocycles. The fraction of sp³-hybridized carbons (Fsp3) is 0.333. The first kappa shape index (κ1) is 20.0. The van der Waals surface area contributed by atoms with Crippen LogP contribution < -0.4 is 16.2 Å². The summed E-state index contributed by atoms with van der Waals surface area (Å²) in [7, 11) is 1.63. The molecule has 3 aromatic rings. The number of methoxy groups -OCH3 is 1. The lowest BCUT2D eigenvalue weighted by atomic mass is 9.77. The predicted octanol–water partition coefficient (Wildman–Crippen LogP) is 3.41. The molecule has 2 unspecified atom stereocenters. The maximum Gasteiger partial charge on any atom is 0.225 e. The maximum absolute atomic E-state index is 12.4. The van der Waals surface area contributed by atoms with Crippen molar-refractivity contribution in [1.29, 1.82) is 0 Å². The minimum absolute atomic E-state index is 0.144. The number of carbonyl (C=O) groups excluding carboxylic acids is 2. The third kappa shape index (κ3) is 3.65. The number of primary amides is 2. The number of hydrogen-bond acceptors (Lipinski definition) is 3. The highest BCUT2D eigenvalue weighted by atomic mass is 16.5. The van der Waals surface area contributed by atoms with E-state index in [0.29, 0.717) is 25.8 Å². The van der Waals surface area contributed by atoms with Crippen LogP contribution in [0.4, 0.5) is 0 Å². The molecule has 4 N–H and O–H groups in total. The van der Waals surface area contributed by atoms with Crippen LogP contribution in [0.1, 0.15) is 54.3 Å². The van der Waals surface area contributed by atoms with Crippen molar-refractivity contribution in [3.05, 3.63) is 65.4 Å². The molecule has 1 aliphatic carbocycles. The first-order valence-corrected chi connectivity index (χ1v) is 10.3. The predicted molar refractivity (Wildman–Crippen MR) is 116 cm³/mol. The van der Waals surface area contributed by atoms with E-state index >= 15 is 0 Å². The molecule has 30 heavy (non-hydrogen) atoms. The Morgan fingerprint density at radius 1 is 1.10 bits per heavy atom. The lowest BCUT2D eigenvalue weighted by Gasteiger charge is -2.29. The molecule has 2 amide bonds. The Labute approximate surface area is 175 Å². The van der Waals surface area contributed by atoms with Crippen LogP contribution in [0.2, 0.25) is 0 Å². The molecule has 0 spiro atoms. The highest BCUT2D eigenvalue weighted by Gasteiger charge is 2.36. The summed E-state index contributed by atoms with van der Waals surface area (Å²) in [5.74, 6) is -0.0848. The van der Waals surface area contributed by atoms with E-state index in [4.69, 9.17) is 16.2 Å². The zero-order valence-electron chi connectivity index (χ0n) is 17.1. The third-order valence-corrected chi connectivity index (χ3v) is 6.16. The number of fused-ring (bicyclic) bond motifs is 3. The normalized spacial score (nSPS) is 18.2. The molecule has 6 nitrogen and oxygen atoms in total. The number of ether oxygens (including phenoxy) is 1. The monoisotopic (exact) mass is 405 g/mol. The summed E-state index contributed by atoms with van der Waals surface area (Å²) in [6.45, 7) is 0.678. The molecule has 0 radical (unpaired) electrons. The van der Waals surface area contributed by atoms with Crippen molar-refractivity contribution in [1.82, 2.24) is 4.57 Å². The maximum atomic E-state index is 12.4. The number of hydrogen-bond donors (Lipinski definition) is 2. The van der Waals surface area contributed by atoms with Gasteiger partial charge in [-0.1, -0.05) is 30.3 Å². The van der Waals surface area contributed by atoms with Gasteiger partial charge in [0, 0.05) is 35.5 Å². The summed E-state index contributed by atoms with van der Waals surface area (Å²) in [4.78, 5) is 23.8. The van der Waals surface area contributed by atoms with Crippen LogP contribution in [0.3, 0.4) is 0 Å². The van der Waals surface area contributed by atoms with Crippen molar-refractivity contribution < 1.29 is 14.3 Å². The van der Waals surface area contributed by atoms with Gasteiger partial charge in [0.25, 0.3) is 0 Å². The van der Waals surface area contributed by atoms with E-state index in [0.717, 1.165) is 34.3 Å². The Bertz CT molecular complexity index is 1090. The van der Waals surface area contributed by atoms with Gasteiger partial charge < -0.3 is 20.8 Å². The lowest BCUT2D eigenvalue weighted by molar-refractivity contribution is -0.120. The molecular weight excluding hydrogens is 378 g/mol. The van der Waals surface area contributed by atoms with Crippen molar-refractivity contribution >= 4 is 22.7 Å². The highest BCUT2D eigenvalue weighted by Crippen LogP contribution is 2.47. The average molecular weight is 405 g/mol. The Hall–Kier alpha value is -3.28.